The van der Waals surface area contributed by atoms with Gasteiger partial charge < -0.3 is 19.7 Å². The first-order valence-corrected chi connectivity index (χ1v) is 9.23. The number of para-hydroxylation sites is 1. The number of aryl methyl sites for hydroxylation is 1. The SMILES string of the molecule is CCOc1c(CN(C)C(=O)N[C@@H](CC)c2cccc(C)n2)cccc1OC. The Labute approximate surface area is 161 Å². The van der Waals surface area contributed by atoms with Crippen LogP contribution in [0, 0.1) is 6.92 Å². The van der Waals surface area contributed by atoms with Crippen molar-refractivity contribution in [3.8, 4) is 11.5 Å². The topological polar surface area (TPSA) is 63.7 Å². The molecule has 0 saturated heterocycles. The number of urea groups is 1. The van der Waals surface area contributed by atoms with Crippen LogP contribution in [0.4, 0.5) is 4.79 Å². The highest BCUT2D eigenvalue weighted by Crippen LogP contribution is 2.31. The number of benzene rings is 1. The number of amides is 2. The maximum atomic E-state index is 12.7. The summed E-state index contributed by atoms with van der Waals surface area (Å²) in [4.78, 5) is 18.9. The van der Waals surface area contributed by atoms with E-state index in [9.17, 15) is 4.79 Å². The number of aromatic nitrogens is 1. The van der Waals surface area contributed by atoms with Gasteiger partial charge in [0.05, 0.1) is 32.0 Å². The summed E-state index contributed by atoms with van der Waals surface area (Å²) in [6, 6.07) is 11.3. The summed E-state index contributed by atoms with van der Waals surface area (Å²) in [7, 11) is 3.37. The van der Waals surface area contributed by atoms with E-state index in [0.717, 1.165) is 23.4 Å². The molecule has 1 heterocycles. The Bertz CT molecular complexity index is 764. The highest BCUT2D eigenvalue weighted by molar-refractivity contribution is 5.74. The molecule has 1 atom stereocenters. The summed E-state index contributed by atoms with van der Waals surface area (Å²) in [5.41, 5.74) is 2.71. The lowest BCUT2D eigenvalue weighted by Crippen LogP contribution is -2.39. The zero-order valence-corrected chi connectivity index (χ0v) is 16.8. The molecule has 146 valence electrons. The molecule has 6 nitrogen and oxygen atoms in total. The molecule has 27 heavy (non-hydrogen) atoms. The highest BCUT2D eigenvalue weighted by atomic mass is 16.5. The van der Waals surface area contributed by atoms with Gasteiger partial charge in [-0.1, -0.05) is 25.1 Å². The molecule has 0 bridgehead atoms. The monoisotopic (exact) mass is 371 g/mol. The van der Waals surface area contributed by atoms with E-state index >= 15 is 0 Å². The fourth-order valence-electron chi connectivity index (χ4n) is 2.88. The fourth-order valence-corrected chi connectivity index (χ4v) is 2.88. The molecule has 1 N–H and O–H groups in total. The number of carbonyl (C=O) groups excluding carboxylic acids is 1. The van der Waals surface area contributed by atoms with Crippen LogP contribution in [0.25, 0.3) is 0 Å². The fraction of sp³-hybridized carbons (Fsp3) is 0.429. The molecule has 0 radical (unpaired) electrons. The van der Waals surface area contributed by atoms with Crippen LogP contribution in [0.5, 0.6) is 11.5 Å². The molecule has 0 aliphatic carbocycles. The van der Waals surface area contributed by atoms with Gasteiger partial charge in [-0.25, -0.2) is 4.79 Å². The molecule has 2 aromatic rings. The van der Waals surface area contributed by atoms with Gasteiger partial charge in [-0.05, 0) is 38.5 Å². The molecule has 0 aliphatic rings. The van der Waals surface area contributed by atoms with Gasteiger partial charge in [0.25, 0.3) is 0 Å². The van der Waals surface area contributed by atoms with Crippen molar-refractivity contribution in [2.24, 2.45) is 0 Å². The summed E-state index contributed by atoms with van der Waals surface area (Å²) >= 11 is 0. The van der Waals surface area contributed by atoms with Crippen LogP contribution in [0.15, 0.2) is 36.4 Å². The van der Waals surface area contributed by atoms with E-state index in [0.29, 0.717) is 24.7 Å². The maximum absolute atomic E-state index is 12.7. The van der Waals surface area contributed by atoms with Crippen LogP contribution in [0.3, 0.4) is 0 Å². The van der Waals surface area contributed by atoms with Crippen molar-refractivity contribution in [2.45, 2.75) is 39.8 Å². The third-order valence-electron chi connectivity index (χ3n) is 4.30. The molecule has 1 aromatic heterocycles. The molecular weight excluding hydrogens is 342 g/mol. The van der Waals surface area contributed by atoms with Crippen LogP contribution >= 0.6 is 0 Å². The summed E-state index contributed by atoms with van der Waals surface area (Å²) in [6.07, 6.45) is 0.763. The van der Waals surface area contributed by atoms with Gasteiger partial charge in [0, 0.05) is 18.3 Å². The number of hydrogen-bond acceptors (Lipinski definition) is 4. The Morgan fingerprint density at radius 3 is 2.59 bits per heavy atom. The van der Waals surface area contributed by atoms with E-state index in [1.54, 1.807) is 19.1 Å². The zero-order valence-electron chi connectivity index (χ0n) is 16.8. The molecule has 0 unspecified atom stereocenters. The van der Waals surface area contributed by atoms with E-state index < -0.39 is 0 Å². The van der Waals surface area contributed by atoms with Crippen LogP contribution in [-0.2, 0) is 6.54 Å². The predicted octanol–water partition coefficient (Wildman–Crippen LogP) is 4.09. The third kappa shape index (κ3) is 5.36. The minimum Gasteiger partial charge on any atom is -0.493 e. The number of rotatable bonds is 8. The van der Waals surface area contributed by atoms with Crippen molar-refractivity contribution in [1.29, 1.82) is 0 Å². The van der Waals surface area contributed by atoms with Crippen molar-refractivity contribution >= 4 is 6.03 Å². The van der Waals surface area contributed by atoms with Gasteiger partial charge in [-0.3, -0.25) is 4.98 Å². The second kappa shape index (κ2) is 9.80. The number of ether oxygens (including phenoxy) is 2. The lowest BCUT2D eigenvalue weighted by molar-refractivity contribution is 0.201. The molecule has 2 rings (SSSR count). The summed E-state index contributed by atoms with van der Waals surface area (Å²) in [5.74, 6) is 1.34. The van der Waals surface area contributed by atoms with Crippen LogP contribution in [0.2, 0.25) is 0 Å². The van der Waals surface area contributed by atoms with Crippen molar-refractivity contribution in [2.75, 3.05) is 20.8 Å². The van der Waals surface area contributed by atoms with E-state index in [2.05, 4.69) is 10.3 Å². The Kier molecular flexibility index (Phi) is 7.46. The van der Waals surface area contributed by atoms with Gasteiger partial charge in [0.15, 0.2) is 11.5 Å². The number of carbonyl (C=O) groups is 1. The smallest absolute Gasteiger partial charge is 0.317 e. The van der Waals surface area contributed by atoms with Gasteiger partial charge in [-0.15, -0.1) is 0 Å². The number of nitrogens with one attached hydrogen (secondary N) is 1. The summed E-state index contributed by atoms with van der Waals surface area (Å²) in [6.45, 7) is 6.84. The Morgan fingerprint density at radius 2 is 1.96 bits per heavy atom. The van der Waals surface area contributed by atoms with E-state index in [1.807, 2.05) is 57.2 Å². The Balaban J connectivity index is 2.11. The molecule has 0 saturated carbocycles. The minimum atomic E-state index is -0.157. The largest absolute Gasteiger partial charge is 0.493 e. The molecule has 0 spiro atoms. The quantitative estimate of drug-likeness (QED) is 0.759. The number of pyridine rings is 1. The molecule has 6 heteroatoms. The standard InChI is InChI=1S/C21H29N3O3/c1-6-17(18-12-8-10-15(3)22-18)23-21(25)24(4)14-16-11-9-13-19(26-5)20(16)27-7-2/h8-13,17H,6-7,14H2,1-5H3,(H,23,25)/t17-/m0/s1. The summed E-state index contributed by atoms with van der Waals surface area (Å²) < 4.78 is 11.1. The van der Waals surface area contributed by atoms with Crippen molar-refractivity contribution in [1.82, 2.24) is 15.2 Å². The van der Waals surface area contributed by atoms with E-state index in [-0.39, 0.29) is 12.1 Å². The van der Waals surface area contributed by atoms with Crippen molar-refractivity contribution in [3.05, 3.63) is 53.3 Å². The number of hydrogen-bond donors (Lipinski definition) is 1. The first kappa shape index (κ1) is 20.6. The van der Waals surface area contributed by atoms with E-state index in [1.165, 1.54) is 0 Å². The predicted molar refractivity (Wildman–Crippen MR) is 106 cm³/mol. The zero-order chi connectivity index (χ0) is 19.8. The lowest BCUT2D eigenvalue weighted by atomic mass is 10.1. The number of nitrogens with zero attached hydrogens (tertiary/aromatic N) is 2. The first-order chi connectivity index (χ1) is 13.0. The Hall–Kier alpha value is -2.76. The minimum absolute atomic E-state index is 0.128. The first-order valence-electron chi connectivity index (χ1n) is 9.23. The molecule has 1 aromatic carbocycles. The molecule has 2 amide bonds. The second-order valence-electron chi connectivity index (χ2n) is 6.35. The van der Waals surface area contributed by atoms with Crippen LogP contribution in [0.1, 0.15) is 43.3 Å². The van der Waals surface area contributed by atoms with Crippen LogP contribution < -0.4 is 14.8 Å². The average molecular weight is 371 g/mol. The Morgan fingerprint density at radius 1 is 1.22 bits per heavy atom. The highest BCUT2D eigenvalue weighted by Gasteiger charge is 2.19. The van der Waals surface area contributed by atoms with Gasteiger partial charge in [0.1, 0.15) is 0 Å². The average Bonchev–Trinajstić information content (AvgIpc) is 2.67. The normalized spacial score (nSPS) is 11.6. The maximum Gasteiger partial charge on any atom is 0.317 e. The second-order valence-corrected chi connectivity index (χ2v) is 6.35. The molecule has 0 aliphatic heterocycles. The van der Waals surface area contributed by atoms with Gasteiger partial charge >= 0.3 is 6.03 Å². The number of methoxy groups -OCH3 is 1. The van der Waals surface area contributed by atoms with E-state index in [4.69, 9.17) is 9.47 Å². The van der Waals surface area contributed by atoms with Crippen molar-refractivity contribution < 1.29 is 14.3 Å². The van der Waals surface area contributed by atoms with Crippen molar-refractivity contribution in [3.63, 3.8) is 0 Å². The van der Waals surface area contributed by atoms with Crippen LogP contribution in [-0.4, -0.2) is 36.7 Å². The molecule has 0 fully saturated rings. The lowest BCUT2D eigenvalue weighted by Gasteiger charge is -2.24. The van der Waals surface area contributed by atoms with Gasteiger partial charge in [0.2, 0.25) is 0 Å². The third-order valence-corrected chi connectivity index (χ3v) is 4.30. The molecular formula is C21H29N3O3. The summed E-state index contributed by atoms with van der Waals surface area (Å²) in [5, 5.41) is 3.06. The van der Waals surface area contributed by atoms with Gasteiger partial charge in [-0.2, -0.15) is 0 Å².